The van der Waals surface area contributed by atoms with Crippen LogP contribution in [0, 0.1) is 0 Å². The number of benzene rings is 1. The van der Waals surface area contributed by atoms with Gasteiger partial charge in [-0.1, -0.05) is 12.1 Å². The molecule has 7 nitrogen and oxygen atoms in total. The number of hydrogen-bond donors (Lipinski definition) is 3. The molecule has 2 amide bonds. The van der Waals surface area contributed by atoms with Crippen molar-refractivity contribution in [2.75, 3.05) is 5.32 Å². The number of aromatic amines is 1. The highest BCUT2D eigenvalue weighted by Crippen LogP contribution is 2.30. The first-order valence-electron chi connectivity index (χ1n) is 7.54. The summed E-state index contributed by atoms with van der Waals surface area (Å²) in [5.74, 6) is -1.53. The lowest BCUT2D eigenvalue weighted by molar-refractivity contribution is -0.137. The molecule has 0 bridgehead atoms. The molecule has 10 heteroatoms. The largest absolute Gasteiger partial charge is 0.416 e. The molecule has 0 unspecified atom stereocenters. The molecule has 27 heavy (non-hydrogen) atoms. The maximum Gasteiger partial charge on any atom is 0.416 e. The fraction of sp³-hybridized carbons (Fsp3) is 0.0588. The van der Waals surface area contributed by atoms with E-state index in [2.05, 4.69) is 20.3 Å². The Morgan fingerprint density at radius 2 is 1.78 bits per heavy atom. The van der Waals surface area contributed by atoms with Crippen LogP contribution in [0.15, 0.2) is 48.9 Å². The summed E-state index contributed by atoms with van der Waals surface area (Å²) in [6.07, 6.45) is -2.26. The Morgan fingerprint density at radius 1 is 1.07 bits per heavy atom. The van der Waals surface area contributed by atoms with Crippen LogP contribution in [0.4, 0.5) is 19.0 Å². The first-order valence-corrected chi connectivity index (χ1v) is 7.54. The van der Waals surface area contributed by atoms with Crippen molar-refractivity contribution < 1.29 is 22.8 Å². The van der Waals surface area contributed by atoms with Gasteiger partial charge in [-0.05, 0) is 24.3 Å². The van der Waals surface area contributed by atoms with Crippen LogP contribution in [-0.4, -0.2) is 26.8 Å². The van der Waals surface area contributed by atoms with Gasteiger partial charge in [-0.25, -0.2) is 9.97 Å². The lowest BCUT2D eigenvalue weighted by Gasteiger charge is -2.09. The molecular weight excluding hydrogens is 363 g/mol. The van der Waals surface area contributed by atoms with Crippen LogP contribution >= 0.6 is 0 Å². The first-order chi connectivity index (χ1) is 12.8. The van der Waals surface area contributed by atoms with Gasteiger partial charge < -0.3 is 16.0 Å². The molecule has 2 heterocycles. The second kappa shape index (κ2) is 6.90. The van der Waals surface area contributed by atoms with Crippen molar-refractivity contribution in [2.45, 2.75) is 6.18 Å². The van der Waals surface area contributed by atoms with Crippen LogP contribution in [0.5, 0.6) is 0 Å². The summed E-state index contributed by atoms with van der Waals surface area (Å²) < 4.78 is 38.1. The summed E-state index contributed by atoms with van der Waals surface area (Å²) in [7, 11) is 0. The van der Waals surface area contributed by atoms with Crippen molar-refractivity contribution in [1.29, 1.82) is 0 Å². The van der Waals surface area contributed by atoms with E-state index in [4.69, 9.17) is 5.73 Å². The average molecular weight is 375 g/mol. The van der Waals surface area contributed by atoms with Gasteiger partial charge in [0, 0.05) is 17.3 Å². The minimum absolute atomic E-state index is 0.125. The third-order valence-electron chi connectivity index (χ3n) is 3.64. The molecule has 0 aliphatic carbocycles. The molecule has 4 N–H and O–H groups in total. The summed E-state index contributed by atoms with van der Waals surface area (Å²) in [5, 5.41) is 2.31. The number of carbonyl (C=O) groups is 2. The van der Waals surface area contributed by atoms with Crippen molar-refractivity contribution >= 4 is 17.6 Å². The summed E-state index contributed by atoms with van der Waals surface area (Å²) in [6.45, 7) is 0. The third-order valence-corrected chi connectivity index (χ3v) is 3.64. The number of nitrogens with zero attached hydrogens (tertiary/aromatic N) is 2. The minimum atomic E-state index is -4.54. The summed E-state index contributed by atoms with van der Waals surface area (Å²) in [5.41, 5.74) is 5.51. The number of hydrogen-bond acceptors (Lipinski definition) is 4. The topological polar surface area (TPSA) is 114 Å². The van der Waals surface area contributed by atoms with E-state index in [-0.39, 0.29) is 17.1 Å². The fourth-order valence-corrected chi connectivity index (χ4v) is 2.34. The van der Waals surface area contributed by atoms with E-state index in [1.165, 1.54) is 30.6 Å². The van der Waals surface area contributed by atoms with Gasteiger partial charge in [0.2, 0.25) is 0 Å². The lowest BCUT2D eigenvalue weighted by atomic mass is 10.1. The van der Waals surface area contributed by atoms with Gasteiger partial charge in [-0.2, -0.15) is 13.2 Å². The first kappa shape index (κ1) is 18.1. The second-order valence-corrected chi connectivity index (χ2v) is 5.45. The normalized spacial score (nSPS) is 11.2. The van der Waals surface area contributed by atoms with Gasteiger partial charge in [-0.15, -0.1) is 0 Å². The number of carbonyl (C=O) groups excluding carboxylic acids is 2. The molecule has 0 saturated heterocycles. The zero-order chi connectivity index (χ0) is 19.6. The van der Waals surface area contributed by atoms with Crippen molar-refractivity contribution in [3.8, 4) is 11.3 Å². The number of alkyl halides is 3. The minimum Gasteiger partial charge on any atom is -0.364 e. The Bertz CT molecular complexity index is 996. The summed E-state index contributed by atoms with van der Waals surface area (Å²) in [4.78, 5) is 33.9. The van der Waals surface area contributed by atoms with Crippen LogP contribution in [0.25, 0.3) is 11.3 Å². The van der Waals surface area contributed by atoms with Gasteiger partial charge in [0.25, 0.3) is 11.8 Å². The fourth-order valence-electron chi connectivity index (χ4n) is 2.34. The molecule has 0 atom stereocenters. The Hall–Kier alpha value is -3.69. The van der Waals surface area contributed by atoms with E-state index in [1.807, 2.05) is 0 Å². The number of primary amides is 1. The predicted molar refractivity (Wildman–Crippen MR) is 89.7 cm³/mol. The van der Waals surface area contributed by atoms with Crippen molar-refractivity contribution in [3.63, 3.8) is 0 Å². The molecule has 138 valence electrons. The number of anilines is 1. The number of imidazole rings is 1. The van der Waals surface area contributed by atoms with Crippen LogP contribution in [-0.2, 0) is 6.18 Å². The lowest BCUT2D eigenvalue weighted by Crippen LogP contribution is -2.14. The molecule has 0 radical (unpaired) electrons. The van der Waals surface area contributed by atoms with Gasteiger partial charge in [-0.3, -0.25) is 9.59 Å². The standard InChI is InChI=1S/C17H12F3N5O2/c18-17(19,20)11-5-6-22-12(7-11)25-16(27)10-3-1-9(2-4-10)13-14(15(21)26)24-8-23-13/h1-8H,(H2,21,26)(H,23,24)(H,22,25,27). The quantitative estimate of drug-likeness (QED) is 0.651. The third kappa shape index (κ3) is 3.94. The highest BCUT2D eigenvalue weighted by Gasteiger charge is 2.30. The highest BCUT2D eigenvalue weighted by molar-refractivity contribution is 6.04. The van der Waals surface area contributed by atoms with Gasteiger partial charge in [0.15, 0.2) is 0 Å². The second-order valence-electron chi connectivity index (χ2n) is 5.45. The highest BCUT2D eigenvalue weighted by atomic mass is 19.4. The van der Waals surface area contributed by atoms with E-state index in [0.29, 0.717) is 11.3 Å². The van der Waals surface area contributed by atoms with Crippen LogP contribution in [0.2, 0.25) is 0 Å². The van der Waals surface area contributed by atoms with Crippen LogP contribution < -0.4 is 11.1 Å². The molecule has 0 fully saturated rings. The summed E-state index contributed by atoms with van der Waals surface area (Å²) in [6, 6.07) is 7.52. The molecule has 1 aromatic carbocycles. The van der Waals surface area contributed by atoms with E-state index >= 15 is 0 Å². The number of halogens is 3. The number of pyridine rings is 1. The Kier molecular flexibility index (Phi) is 4.63. The van der Waals surface area contributed by atoms with Crippen LogP contribution in [0.3, 0.4) is 0 Å². The van der Waals surface area contributed by atoms with Gasteiger partial charge in [0.1, 0.15) is 17.2 Å². The maximum absolute atomic E-state index is 12.7. The van der Waals surface area contributed by atoms with E-state index < -0.39 is 23.6 Å². The van der Waals surface area contributed by atoms with Crippen molar-refractivity contribution in [2.24, 2.45) is 5.73 Å². The Labute approximate surface area is 150 Å². The van der Waals surface area contributed by atoms with Crippen molar-refractivity contribution in [3.05, 3.63) is 65.7 Å². The SMILES string of the molecule is NC(=O)c1[nH]cnc1-c1ccc(C(=O)Nc2cc(C(F)(F)F)ccn2)cc1. The van der Waals surface area contributed by atoms with Gasteiger partial charge in [0.05, 0.1) is 11.9 Å². The molecule has 0 saturated carbocycles. The molecule has 2 aromatic heterocycles. The Morgan fingerprint density at radius 3 is 2.41 bits per heavy atom. The zero-order valence-corrected chi connectivity index (χ0v) is 13.5. The predicted octanol–water partition coefficient (Wildman–Crippen LogP) is 2.84. The molecular formula is C17H12F3N5O2. The van der Waals surface area contributed by atoms with Crippen molar-refractivity contribution in [1.82, 2.24) is 15.0 Å². The number of nitrogens with one attached hydrogen (secondary N) is 2. The van der Waals surface area contributed by atoms with Gasteiger partial charge >= 0.3 is 6.18 Å². The maximum atomic E-state index is 12.7. The Balaban J connectivity index is 1.79. The van der Waals surface area contributed by atoms with E-state index in [9.17, 15) is 22.8 Å². The number of amides is 2. The summed E-state index contributed by atoms with van der Waals surface area (Å²) >= 11 is 0. The molecule has 3 rings (SSSR count). The number of nitrogens with two attached hydrogens (primary N) is 1. The number of aromatic nitrogens is 3. The zero-order valence-electron chi connectivity index (χ0n) is 13.5. The van der Waals surface area contributed by atoms with E-state index in [0.717, 1.165) is 18.3 Å². The number of rotatable bonds is 4. The average Bonchev–Trinajstić information content (AvgIpc) is 3.11. The van der Waals surface area contributed by atoms with Crippen LogP contribution in [0.1, 0.15) is 26.4 Å². The molecule has 0 spiro atoms. The molecule has 0 aliphatic rings. The molecule has 3 aromatic rings. The van der Waals surface area contributed by atoms with E-state index in [1.54, 1.807) is 0 Å². The smallest absolute Gasteiger partial charge is 0.364 e. The number of H-pyrrole nitrogens is 1. The molecule has 0 aliphatic heterocycles. The monoisotopic (exact) mass is 375 g/mol.